The van der Waals surface area contributed by atoms with Crippen molar-refractivity contribution in [2.24, 2.45) is 0 Å². The number of anilines is 1. The molecular weight excluding hydrogens is 290 g/mol. The van der Waals surface area contributed by atoms with Crippen LogP contribution in [0.2, 0.25) is 0 Å². The molecule has 0 radical (unpaired) electrons. The normalized spacial score (nSPS) is 18.4. The monoisotopic (exact) mass is 313 g/mol. The first-order chi connectivity index (χ1) is 10.0. The van der Waals surface area contributed by atoms with Crippen molar-refractivity contribution >= 4 is 16.0 Å². The lowest BCUT2D eigenvalue weighted by Crippen LogP contribution is -2.43. The van der Waals surface area contributed by atoms with Gasteiger partial charge < -0.3 is 10.2 Å². The van der Waals surface area contributed by atoms with E-state index in [0.717, 1.165) is 19.6 Å². The Morgan fingerprint density at radius 1 is 1.24 bits per heavy atom. The second kappa shape index (κ2) is 7.15. The van der Waals surface area contributed by atoms with Gasteiger partial charge in [-0.3, -0.25) is 0 Å². The fraction of sp³-hybridized carbons (Fsp3) is 0.692. The second-order valence-corrected chi connectivity index (χ2v) is 7.09. The molecular formula is C13H23N5O2S. The van der Waals surface area contributed by atoms with E-state index in [0.29, 0.717) is 5.95 Å². The van der Waals surface area contributed by atoms with E-state index in [9.17, 15) is 8.42 Å². The maximum atomic E-state index is 12.3. The van der Waals surface area contributed by atoms with Gasteiger partial charge in [-0.2, -0.15) is 0 Å². The van der Waals surface area contributed by atoms with Crippen LogP contribution in [0.1, 0.15) is 26.2 Å². The van der Waals surface area contributed by atoms with E-state index in [-0.39, 0.29) is 10.9 Å². The first-order valence-electron chi connectivity index (χ1n) is 7.26. The van der Waals surface area contributed by atoms with Gasteiger partial charge in [0.2, 0.25) is 16.0 Å². The summed E-state index contributed by atoms with van der Waals surface area (Å²) < 4.78 is 27.2. The number of hydrogen-bond donors (Lipinski definition) is 2. The number of nitrogens with one attached hydrogen (secondary N) is 2. The topological polar surface area (TPSA) is 87.2 Å². The van der Waals surface area contributed by atoms with Gasteiger partial charge in [0.25, 0.3) is 0 Å². The highest BCUT2D eigenvalue weighted by Crippen LogP contribution is 2.11. The molecule has 0 amide bonds. The minimum Gasteiger partial charge on any atom is -0.357 e. The van der Waals surface area contributed by atoms with E-state index in [1.165, 1.54) is 31.7 Å². The van der Waals surface area contributed by atoms with Crippen molar-refractivity contribution in [2.45, 2.75) is 37.1 Å². The van der Waals surface area contributed by atoms with Gasteiger partial charge in [0.1, 0.15) is 4.90 Å². The summed E-state index contributed by atoms with van der Waals surface area (Å²) in [4.78, 5) is 10.3. The lowest BCUT2D eigenvalue weighted by Gasteiger charge is -2.29. The number of aromatic nitrogens is 2. The first-order valence-corrected chi connectivity index (χ1v) is 8.74. The molecule has 2 heterocycles. The van der Waals surface area contributed by atoms with Gasteiger partial charge in [0, 0.05) is 19.6 Å². The van der Waals surface area contributed by atoms with Crippen LogP contribution in [-0.2, 0) is 10.0 Å². The van der Waals surface area contributed by atoms with Gasteiger partial charge in [-0.05, 0) is 32.9 Å². The minimum absolute atomic E-state index is 0.0898. The van der Waals surface area contributed by atoms with Crippen molar-refractivity contribution in [2.75, 3.05) is 32.0 Å². The van der Waals surface area contributed by atoms with E-state index in [1.54, 1.807) is 7.05 Å². The highest BCUT2D eigenvalue weighted by Gasteiger charge is 2.20. The van der Waals surface area contributed by atoms with E-state index in [4.69, 9.17) is 0 Å². The Morgan fingerprint density at radius 2 is 1.86 bits per heavy atom. The predicted octanol–water partition coefficient (Wildman–Crippen LogP) is 0.671. The zero-order chi connectivity index (χ0) is 15.3. The number of likely N-dealkylation sites (tertiary alicyclic amines) is 1. The third-order valence-corrected chi connectivity index (χ3v) is 5.04. The van der Waals surface area contributed by atoms with E-state index < -0.39 is 10.0 Å². The predicted molar refractivity (Wildman–Crippen MR) is 81.7 cm³/mol. The number of sulfonamides is 1. The fourth-order valence-corrected chi connectivity index (χ4v) is 3.61. The Kier molecular flexibility index (Phi) is 5.49. The highest BCUT2D eigenvalue weighted by atomic mass is 32.2. The van der Waals surface area contributed by atoms with E-state index in [1.807, 2.05) is 6.92 Å². The van der Waals surface area contributed by atoms with Gasteiger partial charge >= 0.3 is 0 Å². The SMILES string of the molecule is CNc1ncc(S(=O)(=O)NC(C)CN2CCCCC2)cn1. The van der Waals surface area contributed by atoms with Crippen LogP contribution in [0.4, 0.5) is 5.95 Å². The van der Waals surface area contributed by atoms with Crippen LogP contribution in [0.5, 0.6) is 0 Å². The molecule has 8 heteroatoms. The van der Waals surface area contributed by atoms with Gasteiger partial charge in [-0.1, -0.05) is 6.42 Å². The number of nitrogens with zero attached hydrogens (tertiary/aromatic N) is 3. The fourth-order valence-electron chi connectivity index (χ4n) is 2.48. The van der Waals surface area contributed by atoms with Crippen molar-refractivity contribution in [3.63, 3.8) is 0 Å². The average Bonchev–Trinajstić information content (AvgIpc) is 2.47. The first kappa shape index (κ1) is 16.1. The molecule has 0 saturated carbocycles. The number of hydrogen-bond acceptors (Lipinski definition) is 6. The van der Waals surface area contributed by atoms with Crippen LogP contribution in [0.3, 0.4) is 0 Å². The molecule has 7 nitrogen and oxygen atoms in total. The Hall–Kier alpha value is -1.25. The lowest BCUT2D eigenvalue weighted by atomic mass is 10.1. The standard InChI is InChI=1S/C13H23N5O2S/c1-11(10-18-6-4-3-5-7-18)17-21(19,20)12-8-15-13(14-2)16-9-12/h8-9,11,17H,3-7,10H2,1-2H3,(H,14,15,16). The zero-order valence-electron chi connectivity index (χ0n) is 12.5. The molecule has 1 aliphatic heterocycles. The van der Waals surface area contributed by atoms with Gasteiger partial charge in [0.15, 0.2) is 0 Å². The molecule has 1 aromatic rings. The molecule has 2 rings (SSSR count). The maximum Gasteiger partial charge on any atom is 0.243 e. The van der Waals surface area contributed by atoms with Crippen LogP contribution in [0.25, 0.3) is 0 Å². The van der Waals surface area contributed by atoms with Crippen molar-refractivity contribution in [1.29, 1.82) is 0 Å². The molecule has 1 unspecified atom stereocenters. The molecule has 0 bridgehead atoms. The summed E-state index contributed by atoms with van der Waals surface area (Å²) in [6.45, 7) is 4.71. The molecule has 0 aliphatic carbocycles. The quantitative estimate of drug-likeness (QED) is 0.803. The van der Waals surface area contributed by atoms with E-state index in [2.05, 4.69) is 24.9 Å². The minimum atomic E-state index is -3.56. The summed E-state index contributed by atoms with van der Waals surface area (Å²) in [6, 6.07) is -0.142. The Bertz CT molecular complexity index is 540. The van der Waals surface area contributed by atoms with E-state index >= 15 is 0 Å². The highest BCUT2D eigenvalue weighted by molar-refractivity contribution is 7.89. The largest absolute Gasteiger partial charge is 0.357 e. The second-order valence-electron chi connectivity index (χ2n) is 5.38. The molecule has 1 saturated heterocycles. The summed E-state index contributed by atoms with van der Waals surface area (Å²) in [5, 5.41) is 2.76. The van der Waals surface area contributed by atoms with Crippen LogP contribution in [-0.4, -0.2) is 56.0 Å². The van der Waals surface area contributed by atoms with Crippen LogP contribution < -0.4 is 10.0 Å². The van der Waals surface area contributed by atoms with Crippen molar-refractivity contribution < 1.29 is 8.42 Å². The van der Waals surface area contributed by atoms with Crippen LogP contribution in [0, 0.1) is 0 Å². The lowest BCUT2D eigenvalue weighted by molar-refractivity contribution is 0.215. The van der Waals surface area contributed by atoms with Crippen molar-refractivity contribution in [3.8, 4) is 0 Å². The maximum absolute atomic E-state index is 12.3. The van der Waals surface area contributed by atoms with Crippen molar-refractivity contribution in [3.05, 3.63) is 12.4 Å². The van der Waals surface area contributed by atoms with Gasteiger partial charge in [0.05, 0.1) is 12.4 Å². The summed E-state index contributed by atoms with van der Waals surface area (Å²) >= 11 is 0. The van der Waals surface area contributed by atoms with Gasteiger partial charge in [-0.25, -0.2) is 23.1 Å². The smallest absolute Gasteiger partial charge is 0.243 e. The average molecular weight is 313 g/mol. The molecule has 0 aromatic carbocycles. The van der Waals surface area contributed by atoms with Crippen LogP contribution >= 0.6 is 0 Å². The van der Waals surface area contributed by atoms with Crippen LogP contribution in [0.15, 0.2) is 17.3 Å². The Labute approximate surface area is 126 Å². The third kappa shape index (κ3) is 4.62. The Balaban J connectivity index is 1.95. The summed E-state index contributed by atoms with van der Waals surface area (Å²) in [6.07, 6.45) is 6.28. The third-order valence-electron chi connectivity index (χ3n) is 3.50. The molecule has 2 N–H and O–H groups in total. The summed E-state index contributed by atoms with van der Waals surface area (Å²) in [7, 11) is -1.88. The molecule has 1 fully saturated rings. The summed E-state index contributed by atoms with van der Waals surface area (Å²) in [5.41, 5.74) is 0. The van der Waals surface area contributed by atoms with Crippen molar-refractivity contribution in [1.82, 2.24) is 19.6 Å². The number of piperidine rings is 1. The molecule has 1 aliphatic rings. The molecule has 21 heavy (non-hydrogen) atoms. The Morgan fingerprint density at radius 3 is 2.43 bits per heavy atom. The molecule has 1 atom stereocenters. The molecule has 1 aromatic heterocycles. The van der Waals surface area contributed by atoms with Gasteiger partial charge in [-0.15, -0.1) is 0 Å². The molecule has 0 spiro atoms. The summed E-state index contributed by atoms with van der Waals surface area (Å²) in [5.74, 6) is 0.398. The number of rotatable bonds is 6. The zero-order valence-corrected chi connectivity index (χ0v) is 13.4. The molecule has 118 valence electrons.